The van der Waals surface area contributed by atoms with E-state index in [4.69, 9.17) is 16.1 Å². The van der Waals surface area contributed by atoms with E-state index in [1.807, 2.05) is 6.92 Å². The third kappa shape index (κ3) is 6.51. The van der Waals surface area contributed by atoms with E-state index < -0.39 is 5.97 Å². The molecule has 0 radical (unpaired) electrons. The molecule has 0 bridgehead atoms. The minimum Gasteiger partial charge on any atom is -0.481 e. The summed E-state index contributed by atoms with van der Waals surface area (Å²) in [4.78, 5) is 14.3. The zero-order valence-corrected chi connectivity index (χ0v) is 7.77. The first-order valence-electron chi connectivity index (χ1n) is 4.28. The van der Waals surface area contributed by atoms with Crippen LogP contribution in [0.2, 0.25) is 0 Å². The average molecular weight is 191 g/mol. The number of aliphatic carboxylic acids is 1. The fraction of sp³-hybridized carbons (Fsp3) is 0.875. The molecule has 0 spiro atoms. The first-order valence-corrected chi connectivity index (χ1v) is 4.28. The molecule has 0 saturated carbocycles. The van der Waals surface area contributed by atoms with E-state index >= 15 is 0 Å². The zero-order valence-electron chi connectivity index (χ0n) is 7.77. The van der Waals surface area contributed by atoms with Gasteiger partial charge >= 0.3 is 5.97 Å². The number of carboxylic acid groups (broad SMARTS) is 1. The van der Waals surface area contributed by atoms with Crippen LogP contribution in [-0.4, -0.2) is 29.5 Å². The molecule has 0 aromatic rings. The molecule has 0 rings (SSSR count). The summed E-state index contributed by atoms with van der Waals surface area (Å²) in [5.74, 6) is -0.756. The van der Waals surface area contributed by atoms with E-state index in [1.54, 1.807) is 0 Å². The maximum atomic E-state index is 10.4. The standard InChI is InChI=1S/C8H17NO4/c1-6(5-13-12)2-7(4-9)3-8(10)11/h6-7,12H,2-5,9H2,1H3,(H,10,11). The topological polar surface area (TPSA) is 92.8 Å². The predicted octanol–water partition coefficient (Wildman–Crippen LogP) is 0.552. The first kappa shape index (κ1) is 12.3. The Balaban J connectivity index is 3.75. The Morgan fingerprint density at radius 3 is 2.62 bits per heavy atom. The Labute approximate surface area is 77.4 Å². The highest BCUT2D eigenvalue weighted by Crippen LogP contribution is 2.14. The van der Waals surface area contributed by atoms with Crippen LogP contribution in [0.15, 0.2) is 0 Å². The van der Waals surface area contributed by atoms with Crippen molar-refractivity contribution in [3.05, 3.63) is 0 Å². The monoisotopic (exact) mass is 191 g/mol. The fourth-order valence-electron chi connectivity index (χ4n) is 1.27. The lowest BCUT2D eigenvalue weighted by molar-refractivity contribution is -0.250. The van der Waals surface area contributed by atoms with E-state index in [0.29, 0.717) is 13.0 Å². The van der Waals surface area contributed by atoms with Gasteiger partial charge in [-0.3, -0.25) is 10.1 Å². The summed E-state index contributed by atoms with van der Waals surface area (Å²) >= 11 is 0. The number of carboxylic acids is 1. The molecule has 0 aromatic heterocycles. The van der Waals surface area contributed by atoms with Crippen molar-refractivity contribution in [2.75, 3.05) is 13.2 Å². The summed E-state index contributed by atoms with van der Waals surface area (Å²) in [5, 5.41) is 16.7. The second kappa shape index (κ2) is 6.82. The molecule has 0 heterocycles. The van der Waals surface area contributed by atoms with Crippen molar-refractivity contribution in [1.29, 1.82) is 0 Å². The van der Waals surface area contributed by atoms with Crippen molar-refractivity contribution in [1.82, 2.24) is 0 Å². The molecule has 4 N–H and O–H groups in total. The van der Waals surface area contributed by atoms with Crippen LogP contribution < -0.4 is 5.73 Å². The summed E-state index contributed by atoms with van der Waals surface area (Å²) in [7, 11) is 0. The highest BCUT2D eigenvalue weighted by molar-refractivity contribution is 5.67. The number of rotatable bonds is 7. The lowest BCUT2D eigenvalue weighted by Gasteiger charge is -2.16. The summed E-state index contributed by atoms with van der Waals surface area (Å²) in [6.45, 7) is 2.44. The third-order valence-corrected chi connectivity index (χ3v) is 1.89. The van der Waals surface area contributed by atoms with Crippen molar-refractivity contribution in [3.63, 3.8) is 0 Å². The molecule has 0 aliphatic heterocycles. The van der Waals surface area contributed by atoms with Crippen LogP contribution in [0.5, 0.6) is 0 Å². The quantitative estimate of drug-likeness (QED) is 0.403. The van der Waals surface area contributed by atoms with Crippen LogP contribution in [0.25, 0.3) is 0 Å². The van der Waals surface area contributed by atoms with Gasteiger partial charge in [-0.1, -0.05) is 6.92 Å². The Morgan fingerprint density at radius 2 is 2.23 bits per heavy atom. The Bertz CT molecular complexity index is 151. The normalized spacial score (nSPS) is 15.3. The van der Waals surface area contributed by atoms with Gasteiger partial charge < -0.3 is 10.8 Å². The van der Waals surface area contributed by atoms with Crippen LogP contribution in [0.1, 0.15) is 19.8 Å². The minimum atomic E-state index is -0.840. The van der Waals surface area contributed by atoms with E-state index in [-0.39, 0.29) is 24.9 Å². The molecular weight excluding hydrogens is 174 g/mol. The van der Waals surface area contributed by atoms with E-state index in [0.717, 1.165) is 0 Å². The predicted molar refractivity (Wildman–Crippen MR) is 47.2 cm³/mol. The Morgan fingerprint density at radius 1 is 1.62 bits per heavy atom. The Kier molecular flexibility index (Phi) is 6.48. The van der Waals surface area contributed by atoms with Gasteiger partial charge in [0.1, 0.15) is 0 Å². The van der Waals surface area contributed by atoms with Gasteiger partial charge in [0.15, 0.2) is 0 Å². The molecule has 5 heteroatoms. The van der Waals surface area contributed by atoms with Gasteiger partial charge in [-0.2, -0.15) is 0 Å². The highest BCUT2D eigenvalue weighted by Gasteiger charge is 2.15. The molecule has 2 unspecified atom stereocenters. The molecule has 0 saturated heterocycles. The number of nitrogens with two attached hydrogens (primary N) is 1. The third-order valence-electron chi connectivity index (χ3n) is 1.89. The van der Waals surface area contributed by atoms with Crippen LogP contribution in [0.3, 0.4) is 0 Å². The fourth-order valence-corrected chi connectivity index (χ4v) is 1.27. The summed E-state index contributed by atoms with van der Waals surface area (Å²) in [6.07, 6.45) is 0.732. The van der Waals surface area contributed by atoms with Gasteiger partial charge in [0.2, 0.25) is 0 Å². The second-order valence-corrected chi connectivity index (χ2v) is 3.34. The van der Waals surface area contributed by atoms with Gasteiger partial charge in [0.25, 0.3) is 0 Å². The van der Waals surface area contributed by atoms with Crippen LogP contribution in [0.4, 0.5) is 0 Å². The average Bonchev–Trinajstić information content (AvgIpc) is 2.02. The molecule has 5 nitrogen and oxygen atoms in total. The second-order valence-electron chi connectivity index (χ2n) is 3.34. The molecule has 0 aliphatic carbocycles. The number of hydrogen-bond acceptors (Lipinski definition) is 4. The van der Waals surface area contributed by atoms with Crippen molar-refractivity contribution < 1.29 is 20.0 Å². The van der Waals surface area contributed by atoms with Crippen LogP contribution in [-0.2, 0) is 9.68 Å². The summed E-state index contributed by atoms with van der Waals surface area (Å²) < 4.78 is 0. The zero-order chi connectivity index (χ0) is 10.3. The van der Waals surface area contributed by atoms with E-state index in [2.05, 4.69) is 4.89 Å². The molecular formula is C8H17NO4. The van der Waals surface area contributed by atoms with Gasteiger partial charge in [-0.25, -0.2) is 4.89 Å². The highest BCUT2D eigenvalue weighted by atomic mass is 17.1. The first-order chi connectivity index (χ1) is 6.10. The minimum absolute atomic E-state index is 0.0392. The van der Waals surface area contributed by atoms with Gasteiger partial charge in [-0.15, -0.1) is 0 Å². The molecule has 78 valence electrons. The van der Waals surface area contributed by atoms with Crippen molar-refractivity contribution >= 4 is 5.97 Å². The molecule has 0 fully saturated rings. The molecule has 13 heavy (non-hydrogen) atoms. The van der Waals surface area contributed by atoms with Crippen molar-refractivity contribution in [2.24, 2.45) is 17.6 Å². The number of hydrogen-bond donors (Lipinski definition) is 3. The largest absolute Gasteiger partial charge is 0.481 e. The van der Waals surface area contributed by atoms with Gasteiger partial charge in [-0.05, 0) is 24.8 Å². The smallest absolute Gasteiger partial charge is 0.303 e. The van der Waals surface area contributed by atoms with Crippen molar-refractivity contribution in [2.45, 2.75) is 19.8 Å². The van der Waals surface area contributed by atoms with Crippen LogP contribution >= 0.6 is 0 Å². The van der Waals surface area contributed by atoms with E-state index in [9.17, 15) is 4.79 Å². The maximum Gasteiger partial charge on any atom is 0.303 e. The maximum absolute atomic E-state index is 10.4. The van der Waals surface area contributed by atoms with Crippen molar-refractivity contribution in [3.8, 4) is 0 Å². The van der Waals surface area contributed by atoms with Gasteiger partial charge in [0.05, 0.1) is 6.61 Å². The molecule has 0 aliphatic rings. The summed E-state index contributed by atoms with van der Waals surface area (Å²) in [6, 6.07) is 0. The molecule has 0 aromatic carbocycles. The summed E-state index contributed by atoms with van der Waals surface area (Å²) in [5.41, 5.74) is 5.40. The molecule has 2 atom stereocenters. The van der Waals surface area contributed by atoms with Gasteiger partial charge in [0, 0.05) is 6.42 Å². The number of carbonyl (C=O) groups is 1. The molecule has 0 amide bonds. The SMILES string of the molecule is CC(COO)CC(CN)CC(=O)O. The lowest BCUT2D eigenvalue weighted by atomic mass is 9.94. The van der Waals surface area contributed by atoms with Crippen LogP contribution in [0, 0.1) is 11.8 Å². The Hall–Kier alpha value is -0.650. The van der Waals surface area contributed by atoms with E-state index in [1.165, 1.54) is 0 Å². The lowest BCUT2D eigenvalue weighted by Crippen LogP contribution is -2.21.